The van der Waals surface area contributed by atoms with Crippen molar-refractivity contribution in [2.45, 2.75) is 30.9 Å². The summed E-state index contributed by atoms with van der Waals surface area (Å²) in [5.41, 5.74) is -23.8. The van der Waals surface area contributed by atoms with Crippen LogP contribution in [0.4, 0.5) is 82.9 Å². The SMILES string of the molecule is FC(F)(F)c1c(N(c2ccccc2)c2ccccc2)c(C(F)(F)F)c(C(F)(F)F)c(C(F)(F)F)c1C(F)(F)F. The summed E-state index contributed by atoms with van der Waals surface area (Å²) in [4.78, 5) is -0.254. The van der Waals surface area contributed by atoms with Gasteiger partial charge in [0.2, 0.25) is 0 Å². The summed E-state index contributed by atoms with van der Waals surface area (Å²) in [6.07, 6.45) is -34.0. The van der Waals surface area contributed by atoms with Gasteiger partial charge in [-0.1, -0.05) is 36.4 Å². The Balaban J connectivity index is 2.88. The second kappa shape index (κ2) is 9.55. The van der Waals surface area contributed by atoms with Crippen molar-refractivity contribution in [1.82, 2.24) is 0 Å². The number of para-hydroxylation sites is 2. The van der Waals surface area contributed by atoms with Crippen molar-refractivity contribution in [1.29, 1.82) is 0 Å². The van der Waals surface area contributed by atoms with Crippen molar-refractivity contribution < 1.29 is 65.9 Å². The summed E-state index contributed by atoms with van der Waals surface area (Å²) in [5, 5.41) is 0. The summed E-state index contributed by atoms with van der Waals surface area (Å²) >= 11 is 0. The lowest BCUT2D eigenvalue weighted by Crippen LogP contribution is -2.34. The van der Waals surface area contributed by atoms with E-state index in [2.05, 4.69) is 0 Å². The van der Waals surface area contributed by atoms with Crippen molar-refractivity contribution in [3.05, 3.63) is 88.5 Å². The molecule has 0 bridgehead atoms. The predicted octanol–water partition coefficient (Wildman–Crippen LogP) is 10.3. The van der Waals surface area contributed by atoms with Gasteiger partial charge in [-0.3, -0.25) is 0 Å². The van der Waals surface area contributed by atoms with Crippen molar-refractivity contribution in [3.8, 4) is 0 Å². The number of rotatable bonds is 3. The van der Waals surface area contributed by atoms with Crippen LogP contribution in [0.1, 0.15) is 27.8 Å². The van der Waals surface area contributed by atoms with Gasteiger partial charge in [-0.15, -0.1) is 0 Å². The van der Waals surface area contributed by atoms with Gasteiger partial charge in [-0.2, -0.15) is 65.9 Å². The third-order valence-corrected chi connectivity index (χ3v) is 5.14. The normalized spacial score (nSPS) is 13.5. The van der Waals surface area contributed by atoms with E-state index in [4.69, 9.17) is 0 Å². The van der Waals surface area contributed by atoms with Crippen LogP contribution in [0.2, 0.25) is 0 Å². The van der Waals surface area contributed by atoms with E-state index in [9.17, 15) is 65.9 Å². The monoisotopic (exact) mass is 585 g/mol. The quantitative estimate of drug-likeness (QED) is 0.277. The van der Waals surface area contributed by atoms with E-state index in [0.717, 1.165) is 60.7 Å². The molecule has 16 heteroatoms. The fourth-order valence-corrected chi connectivity index (χ4v) is 3.92. The highest BCUT2D eigenvalue weighted by Crippen LogP contribution is 2.60. The van der Waals surface area contributed by atoms with Gasteiger partial charge >= 0.3 is 30.9 Å². The smallest absolute Gasteiger partial charge is 0.309 e. The highest BCUT2D eigenvalue weighted by molar-refractivity contribution is 5.84. The minimum absolute atomic E-state index is 0.254. The minimum atomic E-state index is -6.96. The van der Waals surface area contributed by atoms with Gasteiger partial charge in [0.15, 0.2) is 0 Å². The Morgan fingerprint density at radius 2 is 0.564 bits per heavy atom. The molecule has 39 heavy (non-hydrogen) atoms. The largest absolute Gasteiger partial charge is 0.419 e. The van der Waals surface area contributed by atoms with Gasteiger partial charge in [0, 0.05) is 11.4 Å². The van der Waals surface area contributed by atoms with E-state index < -0.39 is 75.8 Å². The second-order valence-corrected chi connectivity index (χ2v) is 7.72. The molecule has 0 aliphatic rings. The fraction of sp³-hybridized carbons (Fsp3) is 0.217. The van der Waals surface area contributed by atoms with Crippen LogP contribution in [0.5, 0.6) is 0 Å². The van der Waals surface area contributed by atoms with E-state index in [1.807, 2.05) is 0 Å². The molecule has 3 aromatic carbocycles. The Labute approximate surface area is 208 Å². The maximum absolute atomic E-state index is 14.3. The van der Waals surface area contributed by atoms with Crippen LogP contribution in [-0.4, -0.2) is 0 Å². The molecule has 0 N–H and O–H groups in total. The standard InChI is InChI=1S/C23H10F15N/c24-19(25,26)13-14(20(27,28)29)16(22(33,34)35)18(17(23(36,37)38)15(13)21(30,31)32)39(11-7-3-1-4-8-11)12-9-5-2-6-10-12/h1-10H. The van der Waals surface area contributed by atoms with Crippen LogP contribution in [0.25, 0.3) is 0 Å². The molecule has 0 amide bonds. The van der Waals surface area contributed by atoms with Crippen molar-refractivity contribution in [3.63, 3.8) is 0 Å². The zero-order valence-corrected chi connectivity index (χ0v) is 18.4. The first-order valence-electron chi connectivity index (χ1n) is 10.1. The highest BCUT2D eigenvalue weighted by atomic mass is 19.4. The van der Waals surface area contributed by atoms with Crippen LogP contribution >= 0.6 is 0 Å². The lowest BCUT2D eigenvalue weighted by Gasteiger charge is -2.35. The van der Waals surface area contributed by atoms with Gasteiger partial charge in [0.25, 0.3) is 0 Å². The second-order valence-electron chi connectivity index (χ2n) is 7.72. The number of benzene rings is 3. The summed E-state index contributed by atoms with van der Waals surface area (Å²) in [6, 6.07) is 9.20. The summed E-state index contributed by atoms with van der Waals surface area (Å²) < 4.78 is 210. The predicted molar refractivity (Wildman–Crippen MR) is 106 cm³/mol. The molecule has 1 nitrogen and oxygen atoms in total. The Bertz CT molecular complexity index is 1220. The maximum Gasteiger partial charge on any atom is 0.419 e. The molecule has 212 valence electrons. The van der Waals surface area contributed by atoms with Gasteiger partial charge in [-0.05, 0) is 24.3 Å². The summed E-state index contributed by atoms with van der Waals surface area (Å²) in [5.74, 6) is 0. The van der Waals surface area contributed by atoms with Gasteiger partial charge in [0.05, 0.1) is 33.5 Å². The number of nitrogens with zero attached hydrogens (tertiary/aromatic N) is 1. The number of alkyl halides is 15. The molecule has 0 aliphatic carbocycles. The first-order valence-corrected chi connectivity index (χ1v) is 10.1. The van der Waals surface area contributed by atoms with E-state index in [0.29, 0.717) is 0 Å². The zero-order valence-electron chi connectivity index (χ0n) is 18.4. The van der Waals surface area contributed by atoms with Gasteiger partial charge in [-0.25, -0.2) is 0 Å². The lowest BCUT2D eigenvalue weighted by atomic mass is 9.86. The molecular formula is C23H10F15N. The Morgan fingerprint density at radius 1 is 0.333 bits per heavy atom. The molecule has 3 rings (SSSR count). The molecular weight excluding hydrogens is 575 g/mol. The van der Waals surface area contributed by atoms with Crippen LogP contribution in [-0.2, 0) is 30.9 Å². The average Bonchev–Trinajstić information content (AvgIpc) is 2.76. The molecule has 0 spiro atoms. The molecule has 0 atom stereocenters. The minimum Gasteiger partial charge on any atom is -0.309 e. The number of halogens is 15. The van der Waals surface area contributed by atoms with Gasteiger partial charge < -0.3 is 4.90 Å². The number of anilines is 3. The average molecular weight is 585 g/mol. The lowest BCUT2D eigenvalue weighted by molar-refractivity contribution is -0.188. The molecule has 0 radical (unpaired) electrons. The van der Waals surface area contributed by atoms with Crippen LogP contribution < -0.4 is 4.90 Å². The molecule has 0 unspecified atom stereocenters. The molecule has 0 saturated carbocycles. The zero-order chi connectivity index (χ0) is 29.8. The molecule has 0 aliphatic heterocycles. The summed E-state index contributed by atoms with van der Waals surface area (Å²) in [6.45, 7) is 0. The number of hydrogen-bond acceptors (Lipinski definition) is 1. The third kappa shape index (κ3) is 5.88. The summed E-state index contributed by atoms with van der Waals surface area (Å²) in [7, 11) is 0. The number of hydrogen-bond donors (Lipinski definition) is 0. The first-order chi connectivity index (χ1) is 17.6. The first kappa shape index (κ1) is 30.0. The van der Waals surface area contributed by atoms with E-state index >= 15 is 0 Å². The van der Waals surface area contributed by atoms with E-state index in [1.165, 1.54) is 0 Å². The highest BCUT2D eigenvalue weighted by Gasteiger charge is 2.61. The van der Waals surface area contributed by atoms with E-state index in [-0.39, 0.29) is 4.90 Å². The van der Waals surface area contributed by atoms with E-state index in [1.54, 1.807) is 0 Å². The van der Waals surface area contributed by atoms with Gasteiger partial charge in [0.1, 0.15) is 0 Å². The topological polar surface area (TPSA) is 3.24 Å². The molecule has 0 heterocycles. The Kier molecular flexibility index (Phi) is 7.34. The maximum atomic E-state index is 14.3. The van der Waals surface area contributed by atoms with Crippen molar-refractivity contribution >= 4 is 17.1 Å². The van der Waals surface area contributed by atoms with Crippen LogP contribution in [0.15, 0.2) is 60.7 Å². The van der Waals surface area contributed by atoms with Crippen molar-refractivity contribution in [2.24, 2.45) is 0 Å². The van der Waals surface area contributed by atoms with Crippen molar-refractivity contribution in [2.75, 3.05) is 4.90 Å². The Hall–Kier alpha value is -3.59. The Morgan fingerprint density at radius 3 is 0.795 bits per heavy atom. The van der Waals surface area contributed by atoms with Crippen LogP contribution in [0.3, 0.4) is 0 Å². The molecule has 0 aromatic heterocycles. The van der Waals surface area contributed by atoms with Crippen LogP contribution in [0, 0.1) is 0 Å². The molecule has 0 saturated heterocycles. The molecule has 0 fully saturated rings. The molecule has 3 aromatic rings. The third-order valence-electron chi connectivity index (χ3n) is 5.14. The fourth-order valence-electron chi connectivity index (χ4n) is 3.92.